The molecule has 15 heavy (non-hydrogen) atoms. The van der Waals surface area contributed by atoms with Crippen LogP contribution in [0.4, 0.5) is 4.39 Å². The molecule has 0 heterocycles. The molecule has 0 aliphatic heterocycles. The van der Waals surface area contributed by atoms with Crippen LogP contribution >= 0.6 is 0 Å². The molecule has 0 radical (unpaired) electrons. The Labute approximate surface area is 91.7 Å². The Bertz CT molecular complexity index is 297. The van der Waals surface area contributed by atoms with E-state index in [1.165, 1.54) is 17.7 Å². The second-order valence-corrected chi connectivity index (χ2v) is 5.04. The monoisotopic (exact) mass is 209 g/mol. The third-order valence-electron chi connectivity index (χ3n) is 2.75. The average molecular weight is 209 g/mol. The molecule has 84 valence electrons. The van der Waals surface area contributed by atoms with E-state index in [4.69, 9.17) is 0 Å². The van der Waals surface area contributed by atoms with Gasteiger partial charge >= 0.3 is 0 Å². The van der Waals surface area contributed by atoms with E-state index in [2.05, 4.69) is 26.1 Å². The van der Waals surface area contributed by atoms with E-state index in [9.17, 15) is 4.39 Å². The molecule has 0 spiro atoms. The first-order valence-electron chi connectivity index (χ1n) is 5.35. The summed E-state index contributed by atoms with van der Waals surface area (Å²) in [4.78, 5) is 0. The van der Waals surface area contributed by atoms with Crippen LogP contribution < -0.4 is 5.32 Å². The van der Waals surface area contributed by atoms with Crippen molar-refractivity contribution < 1.29 is 4.39 Å². The zero-order valence-electron chi connectivity index (χ0n) is 9.97. The predicted octanol–water partition coefficient (Wildman–Crippen LogP) is 3.00. The number of likely N-dealkylation sites (N-methyl/N-ethyl adjacent to an activating group) is 1. The number of hydrogen-bond acceptors (Lipinski definition) is 1. The molecule has 1 unspecified atom stereocenters. The van der Waals surface area contributed by atoms with Crippen molar-refractivity contribution in [2.45, 2.75) is 33.2 Å². The lowest BCUT2D eigenvalue weighted by Gasteiger charge is -2.30. The van der Waals surface area contributed by atoms with Crippen molar-refractivity contribution in [1.29, 1.82) is 0 Å². The molecule has 0 fully saturated rings. The summed E-state index contributed by atoms with van der Waals surface area (Å²) in [5, 5.41) is 3.31. The second-order valence-electron chi connectivity index (χ2n) is 5.04. The lowest BCUT2D eigenvalue weighted by Crippen LogP contribution is -2.39. The van der Waals surface area contributed by atoms with Crippen molar-refractivity contribution in [3.8, 4) is 0 Å². The quantitative estimate of drug-likeness (QED) is 0.807. The molecule has 0 aliphatic carbocycles. The molecule has 1 nitrogen and oxygen atoms in total. The first-order chi connectivity index (χ1) is 6.93. The van der Waals surface area contributed by atoms with E-state index >= 15 is 0 Å². The topological polar surface area (TPSA) is 12.0 Å². The SMILES string of the molecule is CNC(Cc1ccc(F)cc1)C(C)(C)C. The fourth-order valence-electron chi connectivity index (χ4n) is 1.70. The zero-order valence-corrected chi connectivity index (χ0v) is 9.97. The Morgan fingerprint density at radius 3 is 2.13 bits per heavy atom. The number of hydrogen-bond donors (Lipinski definition) is 1. The van der Waals surface area contributed by atoms with Gasteiger partial charge in [-0.1, -0.05) is 32.9 Å². The Morgan fingerprint density at radius 2 is 1.73 bits per heavy atom. The van der Waals surface area contributed by atoms with Gasteiger partial charge in [-0.05, 0) is 36.6 Å². The number of halogens is 1. The van der Waals surface area contributed by atoms with Crippen LogP contribution in [0.5, 0.6) is 0 Å². The first-order valence-corrected chi connectivity index (χ1v) is 5.35. The molecule has 0 aliphatic rings. The van der Waals surface area contributed by atoms with E-state index in [1.54, 1.807) is 0 Å². The molecule has 0 aromatic heterocycles. The Hall–Kier alpha value is -0.890. The van der Waals surface area contributed by atoms with E-state index in [0.717, 1.165) is 6.42 Å². The van der Waals surface area contributed by atoms with E-state index in [0.29, 0.717) is 6.04 Å². The van der Waals surface area contributed by atoms with Crippen LogP contribution in [0, 0.1) is 11.2 Å². The Kier molecular flexibility index (Phi) is 3.86. The van der Waals surface area contributed by atoms with Gasteiger partial charge in [0.2, 0.25) is 0 Å². The Morgan fingerprint density at radius 1 is 1.20 bits per heavy atom. The van der Waals surface area contributed by atoms with Gasteiger partial charge in [0.1, 0.15) is 5.82 Å². The van der Waals surface area contributed by atoms with E-state index in [1.807, 2.05) is 19.2 Å². The summed E-state index contributed by atoms with van der Waals surface area (Å²) in [6, 6.07) is 7.15. The molecular weight excluding hydrogens is 189 g/mol. The predicted molar refractivity (Wildman–Crippen MR) is 62.4 cm³/mol. The summed E-state index contributed by atoms with van der Waals surface area (Å²) >= 11 is 0. The molecule has 2 heteroatoms. The standard InChI is InChI=1S/C13H20FN/c1-13(2,3)12(15-4)9-10-5-7-11(14)8-6-10/h5-8,12,15H,9H2,1-4H3. The fourth-order valence-corrected chi connectivity index (χ4v) is 1.70. The van der Waals surface area contributed by atoms with Crippen molar-refractivity contribution in [2.75, 3.05) is 7.05 Å². The number of nitrogens with one attached hydrogen (secondary N) is 1. The molecule has 0 saturated carbocycles. The average Bonchev–Trinajstić information content (AvgIpc) is 2.15. The van der Waals surface area contributed by atoms with Gasteiger partial charge < -0.3 is 5.32 Å². The van der Waals surface area contributed by atoms with Crippen LogP contribution in [0.25, 0.3) is 0 Å². The highest BCUT2D eigenvalue weighted by atomic mass is 19.1. The smallest absolute Gasteiger partial charge is 0.123 e. The van der Waals surface area contributed by atoms with Crippen LogP contribution in [0.1, 0.15) is 26.3 Å². The third-order valence-corrected chi connectivity index (χ3v) is 2.75. The summed E-state index contributed by atoms with van der Waals surface area (Å²) in [6.45, 7) is 6.62. The summed E-state index contributed by atoms with van der Waals surface area (Å²) in [5.41, 5.74) is 1.38. The molecule has 1 N–H and O–H groups in total. The fraction of sp³-hybridized carbons (Fsp3) is 0.538. The second kappa shape index (κ2) is 4.75. The lowest BCUT2D eigenvalue weighted by atomic mass is 9.83. The van der Waals surface area contributed by atoms with Gasteiger partial charge in [0.25, 0.3) is 0 Å². The third kappa shape index (κ3) is 3.63. The molecule has 1 atom stereocenters. The molecule has 0 amide bonds. The van der Waals surface area contributed by atoms with Gasteiger partial charge in [-0.15, -0.1) is 0 Å². The van der Waals surface area contributed by atoms with Crippen molar-refractivity contribution in [3.05, 3.63) is 35.6 Å². The largest absolute Gasteiger partial charge is 0.316 e. The summed E-state index contributed by atoms with van der Waals surface area (Å²) in [6.07, 6.45) is 0.931. The van der Waals surface area contributed by atoms with Crippen molar-refractivity contribution >= 4 is 0 Å². The molecule has 1 aromatic rings. The van der Waals surface area contributed by atoms with E-state index < -0.39 is 0 Å². The Balaban J connectivity index is 2.71. The summed E-state index contributed by atoms with van der Waals surface area (Å²) < 4.78 is 12.7. The molecule has 1 aromatic carbocycles. The minimum absolute atomic E-state index is 0.171. The lowest BCUT2D eigenvalue weighted by molar-refractivity contribution is 0.280. The van der Waals surface area contributed by atoms with Crippen molar-refractivity contribution in [2.24, 2.45) is 5.41 Å². The highest BCUT2D eigenvalue weighted by Gasteiger charge is 2.22. The van der Waals surface area contributed by atoms with Crippen LogP contribution in [-0.2, 0) is 6.42 Å². The minimum atomic E-state index is -0.171. The maximum Gasteiger partial charge on any atom is 0.123 e. The molecule has 1 rings (SSSR count). The van der Waals surface area contributed by atoms with Gasteiger partial charge in [-0.25, -0.2) is 4.39 Å². The first kappa shape index (κ1) is 12.2. The van der Waals surface area contributed by atoms with Gasteiger partial charge in [0.05, 0.1) is 0 Å². The van der Waals surface area contributed by atoms with E-state index in [-0.39, 0.29) is 11.2 Å². The highest BCUT2D eigenvalue weighted by molar-refractivity contribution is 5.17. The van der Waals surface area contributed by atoms with Gasteiger partial charge in [0, 0.05) is 6.04 Å². The van der Waals surface area contributed by atoms with Crippen LogP contribution in [0.3, 0.4) is 0 Å². The zero-order chi connectivity index (χ0) is 11.5. The number of benzene rings is 1. The van der Waals surface area contributed by atoms with Gasteiger partial charge in [0.15, 0.2) is 0 Å². The summed E-state index contributed by atoms with van der Waals surface area (Å²) in [5.74, 6) is -0.171. The van der Waals surface area contributed by atoms with Gasteiger partial charge in [-0.2, -0.15) is 0 Å². The van der Waals surface area contributed by atoms with Gasteiger partial charge in [-0.3, -0.25) is 0 Å². The highest BCUT2D eigenvalue weighted by Crippen LogP contribution is 2.22. The maximum atomic E-state index is 12.7. The summed E-state index contributed by atoms with van der Waals surface area (Å²) in [7, 11) is 1.97. The van der Waals surface area contributed by atoms with Crippen molar-refractivity contribution in [3.63, 3.8) is 0 Å². The van der Waals surface area contributed by atoms with Crippen LogP contribution in [0.2, 0.25) is 0 Å². The maximum absolute atomic E-state index is 12.7. The molecule has 0 saturated heterocycles. The minimum Gasteiger partial charge on any atom is -0.316 e. The normalized spacial score (nSPS) is 13.9. The number of rotatable bonds is 3. The molecule has 0 bridgehead atoms. The van der Waals surface area contributed by atoms with Crippen LogP contribution in [-0.4, -0.2) is 13.1 Å². The van der Waals surface area contributed by atoms with Crippen molar-refractivity contribution in [1.82, 2.24) is 5.32 Å². The molecular formula is C13H20FN. The van der Waals surface area contributed by atoms with Crippen LogP contribution in [0.15, 0.2) is 24.3 Å².